The molecule has 1 aromatic rings. The van der Waals surface area contributed by atoms with Crippen LogP contribution in [0.25, 0.3) is 0 Å². The Balaban J connectivity index is 1.85. The Bertz CT molecular complexity index is 540. The molecule has 23 heavy (non-hydrogen) atoms. The average molecular weight is 319 g/mol. The van der Waals surface area contributed by atoms with Crippen LogP contribution < -0.4 is 10.6 Å². The van der Waals surface area contributed by atoms with Crippen molar-refractivity contribution < 1.29 is 14.3 Å². The molecule has 0 aromatic heterocycles. The predicted molar refractivity (Wildman–Crippen MR) is 87.9 cm³/mol. The highest BCUT2D eigenvalue weighted by atomic mass is 16.6. The average Bonchev–Trinajstić information content (AvgIpc) is 2.52. The van der Waals surface area contributed by atoms with E-state index in [1.54, 1.807) is 4.90 Å². The fourth-order valence-corrected chi connectivity index (χ4v) is 2.36. The summed E-state index contributed by atoms with van der Waals surface area (Å²) in [6, 6.07) is 9.13. The van der Waals surface area contributed by atoms with E-state index < -0.39 is 6.04 Å². The third kappa shape index (κ3) is 5.56. The maximum Gasteiger partial charge on any atom is 0.410 e. The molecule has 0 aliphatic carbocycles. The van der Waals surface area contributed by atoms with Crippen LogP contribution >= 0.6 is 0 Å². The number of carbonyl (C=O) groups excluding carboxylic acids is 2. The van der Waals surface area contributed by atoms with E-state index in [2.05, 4.69) is 10.6 Å². The molecule has 2 N–H and O–H groups in total. The fourth-order valence-electron chi connectivity index (χ4n) is 2.36. The zero-order chi connectivity index (χ0) is 16.9. The molecule has 126 valence electrons. The molecule has 1 atom stereocenters. The van der Waals surface area contributed by atoms with Crippen molar-refractivity contribution in [2.75, 3.05) is 19.6 Å². The molecule has 6 nitrogen and oxygen atoms in total. The molecular weight excluding hydrogens is 294 g/mol. The van der Waals surface area contributed by atoms with Crippen molar-refractivity contribution in [1.82, 2.24) is 15.5 Å². The van der Waals surface area contributed by atoms with E-state index in [9.17, 15) is 9.59 Å². The van der Waals surface area contributed by atoms with Gasteiger partial charge in [0.2, 0.25) is 5.91 Å². The SMILES string of the molecule is CC(C)(C)NC(=O)[C@@H]1CN(C(=O)OCc2ccccc2)CCN1. The lowest BCUT2D eigenvalue weighted by molar-refractivity contribution is -0.125. The molecule has 0 saturated carbocycles. The standard InChI is InChI=1S/C17H25N3O3/c1-17(2,3)19-15(21)14-11-20(10-9-18-14)16(22)23-12-13-7-5-4-6-8-13/h4-8,14,18H,9-12H2,1-3H3,(H,19,21)/t14-/m0/s1. The zero-order valence-electron chi connectivity index (χ0n) is 14.0. The van der Waals surface area contributed by atoms with E-state index in [0.29, 0.717) is 19.6 Å². The first kappa shape index (κ1) is 17.3. The van der Waals surface area contributed by atoms with Gasteiger partial charge < -0.3 is 20.3 Å². The van der Waals surface area contributed by atoms with Crippen molar-refractivity contribution in [3.63, 3.8) is 0 Å². The Morgan fingerprint density at radius 1 is 1.30 bits per heavy atom. The van der Waals surface area contributed by atoms with Gasteiger partial charge in [-0.2, -0.15) is 0 Å². The second-order valence-electron chi connectivity index (χ2n) is 6.73. The van der Waals surface area contributed by atoms with Gasteiger partial charge in [0.1, 0.15) is 12.6 Å². The largest absolute Gasteiger partial charge is 0.445 e. The number of piperazine rings is 1. The van der Waals surface area contributed by atoms with E-state index in [1.807, 2.05) is 51.1 Å². The van der Waals surface area contributed by atoms with Gasteiger partial charge >= 0.3 is 6.09 Å². The molecule has 2 rings (SSSR count). The summed E-state index contributed by atoms with van der Waals surface area (Å²) in [5.74, 6) is -0.0990. The van der Waals surface area contributed by atoms with Gasteiger partial charge in [0.15, 0.2) is 0 Å². The van der Waals surface area contributed by atoms with E-state index in [-0.39, 0.29) is 24.1 Å². The van der Waals surface area contributed by atoms with Gasteiger partial charge in [-0.15, -0.1) is 0 Å². The van der Waals surface area contributed by atoms with Crippen LogP contribution in [0.2, 0.25) is 0 Å². The number of hydrogen-bond acceptors (Lipinski definition) is 4. The Morgan fingerprint density at radius 2 is 2.00 bits per heavy atom. The van der Waals surface area contributed by atoms with Gasteiger partial charge in [-0.3, -0.25) is 4.79 Å². The van der Waals surface area contributed by atoms with Gasteiger partial charge in [-0.05, 0) is 26.3 Å². The molecule has 0 unspecified atom stereocenters. The van der Waals surface area contributed by atoms with Crippen molar-refractivity contribution in [1.29, 1.82) is 0 Å². The molecule has 0 bridgehead atoms. The highest BCUT2D eigenvalue weighted by Crippen LogP contribution is 2.07. The van der Waals surface area contributed by atoms with Gasteiger partial charge in [0.25, 0.3) is 0 Å². The molecule has 0 radical (unpaired) electrons. The number of nitrogens with one attached hydrogen (secondary N) is 2. The number of nitrogens with zero attached hydrogens (tertiary/aromatic N) is 1. The Hall–Kier alpha value is -2.08. The van der Waals surface area contributed by atoms with Crippen molar-refractivity contribution in [2.24, 2.45) is 0 Å². The van der Waals surface area contributed by atoms with Crippen molar-refractivity contribution >= 4 is 12.0 Å². The van der Waals surface area contributed by atoms with Crippen LogP contribution in [0.15, 0.2) is 30.3 Å². The van der Waals surface area contributed by atoms with E-state index in [4.69, 9.17) is 4.74 Å². The van der Waals surface area contributed by atoms with Crippen LogP contribution in [-0.4, -0.2) is 48.1 Å². The number of amides is 2. The van der Waals surface area contributed by atoms with Crippen LogP contribution in [0, 0.1) is 0 Å². The summed E-state index contributed by atoms with van der Waals surface area (Å²) in [7, 11) is 0. The molecule has 1 aliphatic rings. The number of rotatable bonds is 3. The zero-order valence-corrected chi connectivity index (χ0v) is 14.0. The van der Waals surface area contributed by atoms with Crippen LogP contribution in [0.1, 0.15) is 26.3 Å². The van der Waals surface area contributed by atoms with E-state index in [1.165, 1.54) is 0 Å². The minimum Gasteiger partial charge on any atom is -0.445 e. The predicted octanol–water partition coefficient (Wildman–Crippen LogP) is 1.51. The minimum atomic E-state index is -0.410. The summed E-state index contributed by atoms with van der Waals surface area (Å²) in [5.41, 5.74) is 0.646. The Labute approximate surface area is 137 Å². The van der Waals surface area contributed by atoms with Crippen LogP contribution in [0.5, 0.6) is 0 Å². The van der Waals surface area contributed by atoms with Crippen LogP contribution in [-0.2, 0) is 16.1 Å². The van der Waals surface area contributed by atoms with Gasteiger partial charge in [-0.25, -0.2) is 4.79 Å². The Morgan fingerprint density at radius 3 is 2.65 bits per heavy atom. The molecule has 1 heterocycles. The van der Waals surface area contributed by atoms with Crippen LogP contribution in [0.3, 0.4) is 0 Å². The van der Waals surface area contributed by atoms with Crippen LogP contribution in [0.4, 0.5) is 4.79 Å². The first-order valence-electron chi connectivity index (χ1n) is 7.86. The third-order valence-corrected chi connectivity index (χ3v) is 3.45. The minimum absolute atomic E-state index is 0.0990. The lowest BCUT2D eigenvalue weighted by atomic mass is 10.1. The number of carbonyl (C=O) groups is 2. The molecular formula is C17H25N3O3. The molecule has 2 amide bonds. The molecule has 1 aliphatic heterocycles. The normalized spacial score (nSPS) is 18.4. The summed E-state index contributed by atoms with van der Waals surface area (Å²) < 4.78 is 5.32. The van der Waals surface area contributed by atoms with Gasteiger partial charge in [-0.1, -0.05) is 30.3 Å². The molecule has 1 saturated heterocycles. The molecule has 1 aromatic carbocycles. The first-order valence-corrected chi connectivity index (χ1v) is 7.86. The second kappa shape index (κ2) is 7.46. The maximum absolute atomic E-state index is 12.2. The third-order valence-electron chi connectivity index (χ3n) is 3.45. The summed E-state index contributed by atoms with van der Waals surface area (Å²) >= 11 is 0. The lowest BCUT2D eigenvalue weighted by Crippen LogP contribution is -2.60. The summed E-state index contributed by atoms with van der Waals surface area (Å²) in [6.07, 6.45) is -0.385. The van der Waals surface area contributed by atoms with Gasteiger partial charge in [0.05, 0.1) is 0 Å². The topological polar surface area (TPSA) is 70.7 Å². The second-order valence-corrected chi connectivity index (χ2v) is 6.73. The Kier molecular flexibility index (Phi) is 5.60. The highest BCUT2D eigenvalue weighted by Gasteiger charge is 2.30. The maximum atomic E-state index is 12.2. The van der Waals surface area contributed by atoms with Crippen molar-refractivity contribution in [2.45, 2.75) is 39.0 Å². The quantitative estimate of drug-likeness (QED) is 0.886. The smallest absolute Gasteiger partial charge is 0.410 e. The first-order chi connectivity index (χ1) is 10.8. The van der Waals surface area contributed by atoms with Gasteiger partial charge in [0, 0.05) is 25.2 Å². The molecule has 6 heteroatoms. The van der Waals surface area contributed by atoms with E-state index >= 15 is 0 Å². The fraction of sp³-hybridized carbons (Fsp3) is 0.529. The monoisotopic (exact) mass is 319 g/mol. The number of ether oxygens (including phenoxy) is 1. The molecule has 0 spiro atoms. The summed E-state index contributed by atoms with van der Waals surface area (Å²) in [5, 5.41) is 6.06. The molecule has 1 fully saturated rings. The summed E-state index contributed by atoms with van der Waals surface area (Å²) in [4.78, 5) is 26.0. The lowest BCUT2D eigenvalue weighted by Gasteiger charge is -2.33. The van der Waals surface area contributed by atoms with E-state index in [0.717, 1.165) is 5.56 Å². The van der Waals surface area contributed by atoms with Crippen molar-refractivity contribution in [3.05, 3.63) is 35.9 Å². The summed E-state index contributed by atoms with van der Waals surface area (Å²) in [6.45, 7) is 7.45. The number of benzene rings is 1. The highest BCUT2D eigenvalue weighted by molar-refractivity contribution is 5.83. The number of hydrogen-bond donors (Lipinski definition) is 2. The van der Waals surface area contributed by atoms with Crippen molar-refractivity contribution in [3.8, 4) is 0 Å².